The third-order valence-electron chi connectivity index (χ3n) is 4.14. The molecule has 1 aliphatic rings. The molecule has 0 unspecified atom stereocenters. The molecule has 0 bridgehead atoms. The van der Waals surface area contributed by atoms with Crippen molar-refractivity contribution < 1.29 is 9.53 Å². The lowest BCUT2D eigenvalue weighted by Crippen LogP contribution is -2.35. The van der Waals surface area contributed by atoms with Gasteiger partial charge in [0.2, 0.25) is 0 Å². The van der Waals surface area contributed by atoms with Gasteiger partial charge in [0.1, 0.15) is 5.75 Å². The SMILES string of the molecule is CCOc1cccc(C(=O)N2CCCN(Cc3cscn3)CC2)c1. The fraction of sp³-hybridized carbons (Fsp3) is 0.444. The highest BCUT2D eigenvalue weighted by molar-refractivity contribution is 7.07. The van der Waals surface area contributed by atoms with Crippen molar-refractivity contribution in [2.75, 3.05) is 32.8 Å². The van der Waals surface area contributed by atoms with Crippen molar-refractivity contribution in [3.63, 3.8) is 0 Å². The van der Waals surface area contributed by atoms with E-state index in [1.54, 1.807) is 11.3 Å². The van der Waals surface area contributed by atoms with Gasteiger partial charge in [0, 0.05) is 43.7 Å². The van der Waals surface area contributed by atoms with E-state index < -0.39 is 0 Å². The summed E-state index contributed by atoms with van der Waals surface area (Å²) in [5, 5.41) is 2.09. The first-order chi connectivity index (χ1) is 11.8. The monoisotopic (exact) mass is 345 g/mol. The maximum atomic E-state index is 12.8. The van der Waals surface area contributed by atoms with Crippen LogP contribution in [0.3, 0.4) is 0 Å². The van der Waals surface area contributed by atoms with E-state index >= 15 is 0 Å². The van der Waals surface area contributed by atoms with Gasteiger partial charge in [-0.05, 0) is 31.5 Å². The number of hydrogen-bond donors (Lipinski definition) is 0. The van der Waals surface area contributed by atoms with E-state index in [-0.39, 0.29) is 5.91 Å². The summed E-state index contributed by atoms with van der Waals surface area (Å²) in [7, 11) is 0. The van der Waals surface area contributed by atoms with Gasteiger partial charge in [0.25, 0.3) is 5.91 Å². The van der Waals surface area contributed by atoms with Crippen LogP contribution in [0.15, 0.2) is 35.2 Å². The Hall–Kier alpha value is -1.92. The molecule has 1 amide bonds. The quantitative estimate of drug-likeness (QED) is 0.836. The lowest BCUT2D eigenvalue weighted by atomic mass is 10.2. The average molecular weight is 345 g/mol. The summed E-state index contributed by atoms with van der Waals surface area (Å²) in [5.74, 6) is 0.843. The largest absolute Gasteiger partial charge is 0.494 e. The van der Waals surface area contributed by atoms with Crippen LogP contribution in [-0.2, 0) is 6.54 Å². The maximum absolute atomic E-state index is 12.8. The summed E-state index contributed by atoms with van der Waals surface area (Å²) < 4.78 is 5.50. The number of nitrogens with zero attached hydrogens (tertiary/aromatic N) is 3. The van der Waals surface area contributed by atoms with Crippen molar-refractivity contribution in [2.24, 2.45) is 0 Å². The lowest BCUT2D eigenvalue weighted by Gasteiger charge is -2.22. The summed E-state index contributed by atoms with van der Waals surface area (Å²) in [6, 6.07) is 7.47. The second kappa shape index (κ2) is 8.26. The van der Waals surface area contributed by atoms with Crippen LogP contribution >= 0.6 is 11.3 Å². The lowest BCUT2D eigenvalue weighted by molar-refractivity contribution is 0.0760. The fourth-order valence-electron chi connectivity index (χ4n) is 2.94. The minimum absolute atomic E-state index is 0.0899. The molecule has 0 aliphatic carbocycles. The van der Waals surface area contributed by atoms with E-state index in [0.717, 1.165) is 50.6 Å². The number of benzene rings is 1. The summed E-state index contributed by atoms with van der Waals surface area (Å²) in [6.07, 6.45) is 0.987. The molecule has 24 heavy (non-hydrogen) atoms. The van der Waals surface area contributed by atoms with Gasteiger partial charge >= 0.3 is 0 Å². The van der Waals surface area contributed by atoms with Crippen LogP contribution in [-0.4, -0.2) is 53.5 Å². The van der Waals surface area contributed by atoms with Crippen LogP contribution in [0.2, 0.25) is 0 Å². The second-order valence-electron chi connectivity index (χ2n) is 5.86. The molecule has 3 rings (SSSR count). The molecule has 6 heteroatoms. The molecule has 0 N–H and O–H groups in total. The van der Waals surface area contributed by atoms with Crippen LogP contribution < -0.4 is 4.74 Å². The van der Waals surface area contributed by atoms with Gasteiger partial charge < -0.3 is 9.64 Å². The number of hydrogen-bond acceptors (Lipinski definition) is 5. The Morgan fingerprint density at radius 3 is 3.00 bits per heavy atom. The average Bonchev–Trinajstić information content (AvgIpc) is 2.99. The zero-order chi connectivity index (χ0) is 16.8. The van der Waals surface area contributed by atoms with Crippen molar-refractivity contribution in [1.29, 1.82) is 0 Å². The van der Waals surface area contributed by atoms with Gasteiger partial charge in [0.15, 0.2) is 0 Å². The number of amides is 1. The van der Waals surface area contributed by atoms with Crippen molar-refractivity contribution in [2.45, 2.75) is 19.9 Å². The zero-order valence-corrected chi connectivity index (χ0v) is 14.8. The van der Waals surface area contributed by atoms with E-state index in [2.05, 4.69) is 15.3 Å². The minimum Gasteiger partial charge on any atom is -0.494 e. The van der Waals surface area contributed by atoms with Crippen LogP contribution in [0.25, 0.3) is 0 Å². The van der Waals surface area contributed by atoms with Crippen LogP contribution in [0, 0.1) is 0 Å². The Balaban J connectivity index is 1.60. The first kappa shape index (κ1) is 16.9. The molecule has 2 heterocycles. The van der Waals surface area contributed by atoms with E-state index in [9.17, 15) is 4.79 Å². The highest BCUT2D eigenvalue weighted by Crippen LogP contribution is 2.17. The van der Waals surface area contributed by atoms with Gasteiger partial charge in [-0.1, -0.05) is 6.07 Å². The van der Waals surface area contributed by atoms with E-state index in [1.807, 2.05) is 41.6 Å². The summed E-state index contributed by atoms with van der Waals surface area (Å²) in [4.78, 5) is 21.5. The highest BCUT2D eigenvalue weighted by Gasteiger charge is 2.21. The van der Waals surface area contributed by atoms with Gasteiger partial charge in [-0.15, -0.1) is 11.3 Å². The van der Waals surface area contributed by atoms with Gasteiger partial charge in [-0.3, -0.25) is 9.69 Å². The molecule has 1 aromatic heterocycles. The second-order valence-corrected chi connectivity index (χ2v) is 6.58. The molecule has 1 fully saturated rings. The van der Waals surface area contributed by atoms with Gasteiger partial charge in [-0.2, -0.15) is 0 Å². The first-order valence-corrected chi connectivity index (χ1v) is 9.32. The standard InChI is InChI=1S/C18H23N3O2S/c1-2-23-17-6-3-5-15(11-17)18(22)21-8-4-7-20(9-10-21)12-16-13-24-14-19-16/h3,5-6,11,13-14H,2,4,7-10,12H2,1H3. The first-order valence-electron chi connectivity index (χ1n) is 8.38. The number of carbonyl (C=O) groups excluding carboxylic acids is 1. The molecule has 128 valence electrons. The fourth-order valence-corrected chi connectivity index (χ4v) is 3.49. The summed E-state index contributed by atoms with van der Waals surface area (Å²) in [5.41, 5.74) is 3.69. The van der Waals surface area contributed by atoms with E-state index in [4.69, 9.17) is 4.74 Å². The van der Waals surface area contributed by atoms with Crippen LogP contribution in [0.4, 0.5) is 0 Å². The van der Waals surface area contributed by atoms with Crippen molar-refractivity contribution in [1.82, 2.24) is 14.8 Å². The number of carbonyl (C=O) groups is 1. The Bertz CT molecular complexity index is 660. The molecular formula is C18H23N3O2S. The van der Waals surface area contributed by atoms with Crippen molar-refractivity contribution in [3.05, 3.63) is 46.4 Å². The number of ether oxygens (including phenoxy) is 1. The summed E-state index contributed by atoms with van der Waals surface area (Å²) >= 11 is 1.63. The highest BCUT2D eigenvalue weighted by atomic mass is 32.1. The Kier molecular flexibility index (Phi) is 5.82. The zero-order valence-electron chi connectivity index (χ0n) is 14.0. The molecule has 2 aromatic rings. The number of aromatic nitrogens is 1. The molecule has 0 radical (unpaired) electrons. The molecular weight excluding hydrogens is 322 g/mol. The van der Waals surface area contributed by atoms with E-state index in [1.165, 1.54) is 0 Å². The number of thiazole rings is 1. The van der Waals surface area contributed by atoms with Crippen LogP contribution in [0.1, 0.15) is 29.4 Å². The van der Waals surface area contributed by atoms with Crippen molar-refractivity contribution >= 4 is 17.2 Å². The van der Waals surface area contributed by atoms with Gasteiger partial charge in [0.05, 0.1) is 17.8 Å². The third-order valence-corrected chi connectivity index (χ3v) is 4.77. The van der Waals surface area contributed by atoms with Crippen molar-refractivity contribution in [3.8, 4) is 5.75 Å². The molecule has 5 nitrogen and oxygen atoms in total. The number of rotatable bonds is 5. The topological polar surface area (TPSA) is 45.7 Å². The predicted molar refractivity (Wildman–Crippen MR) is 95.5 cm³/mol. The van der Waals surface area contributed by atoms with E-state index in [0.29, 0.717) is 12.2 Å². The molecule has 0 saturated carbocycles. The molecule has 1 aromatic carbocycles. The molecule has 1 aliphatic heterocycles. The third kappa shape index (κ3) is 4.33. The Morgan fingerprint density at radius 1 is 1.29 bits per heavy atom. The molecule has 1 saturated heterocycles. The van der Waals surface area contributed by atoms with Crippen LogP contribution in [0.5, 0.6) is 5.75 Å². The molecule has 0 spiro atoms. The summed E-state index contributed by atoms with van der Waals surface area (Å²) in [6.45, 7) is 6.85. The normalized spacial score (nSPS) is 16.0. The molecule has 0 atom stereocenters. The predicted octanol–water partition coefficient (Wildman–Crippen LogP) is 2.89. The smallest absolute Gasteiger partial charge is 0.254 e. The minimum atomic E-state index is 0.0899. The van der Waals surface area contributed by atoms with Gasteiger partial charge in [-0.25, -0.2) is 4.98 Å². The Morgan fingerprint density at radius 2 is 2.21 bits per heavy atom. The maximum Gasteiger partial charge on any atom is 0.254 e. The Labute approximate surface area is 146 Å².